The van der Waals surface area contributed by atoms with Gasteiger partial charge in [-0.25, -0.2) is 5.10 Å². The minimum atomic E-state index is 0.371. The van der Waals surface area contributed by atoms with Gasteiger partial charge >= 0.3 is 0 Å². The molecule has 2 aliphatic rings. The van der Waals surface area contributed by atoms with Gasteiger partial charge in [0.05, 0.1) is 0 Å². The van der Waals surface area contributed by atoms with E-state index in [0.717, 1.165) is 62.0 Å². The molecular formula is C26H33Cl2N7. The van der Waals surface area contributed by atoms with Crippen molar-refractivity contribution in [1.29, 1.82) is 0 Å². The van der Waals surface area contributed by atoms with E-state index in [9.17, 15) is 0 Å². The van der Waals surface area contributed by atoms with Crippen LogP contribution in [0.2, 0.25) is 10.0 Å². The number of piperidine rings is 1. The van der Waals surface area contributed by atoms with Crippen molar-refractivity contribution in [2.75, 3.05) is 36.8 Å². The van der Waals surface area contributed by atoms with Crippen molar-refractivity contribution in [2.24, 2.45) is 0 Å². The number of aromatic nitrogens is 3. The van der Waals surface area contributed by atoms with Crippen molar-refractivity contribution in [3.63, 3.8) is 0 Å². The number of nitrogens with one attached hydrogen (secondary N) is 1. The number of anilines is 2. The van der Waals surface area contributed by atoms with E-state index < -0.39 is 0 Å². The molecule has 5 rings (SSSR count). The smallest absolute Gasteiger partial charge is 0.246 e. The van der Waals surface area contributed by atoms with Gasteiger partial charge in [-0.1, -0.05) is 47.5 Å². The summed E-state index contributed by atoms with van der Waals surface area (Å²) in [5.74, 6) is 1.08. The van der Waals surface area contributed by atoms with Crippen LogP contribution in [0, 0.1) is 0 Å². The minimum Gasteiger partial charge on any atom is -0.368 e. The first-order valence-electron chi connectivity index (χ1n) is 12.4. The maximum Gasteiger partial charge on any atom is 0.246 e. The van der Waals surface area contributed by atoms with E-state index in [-0.39, 0.29) is 0 Å². The first kappa shape index (κ1) is 24.4. The van der Waals surface area contributed by atoms with Crippen LogP contribution in [0.3, 0.4) is 0 Å². The quantitative estimate of drug-likeness (QED) is 0.505. The molecule has 3 heterocycles. The van der Waals surface area contributed by atoms with E-state index in [2.05, 4.69) is 61.1 Å². The number of halogens is 2. The van der Waals surface area contributed by atoms with E-state index in [1.165, 1.54) is 11.1 Å². The average molecular weight is 515 g/mol. The predicted molar refractivity (Wildman–Crippen MR) is 143 cm³/mol. The van der Waals surface area contributed by atoms with Gasteiger partial charge in [-0.2, -0.15) is 4.98 Å². The van der Waals surface area contributed by atoms with Gasteiger partial charge in [0.15, 0.2) is 0 Å². The molecular weight excluding hydrogens is 481 g/mol. The van der Waals surface area contributed by atoms with Crippen molar-refractivity contribution >= 4 is 35.1 Å². The molecule has 0 bridgehead atoms. The summed E-state index contributed by atoms with van der Waals surface area (Å²) >= 11 is 12.3. The highest BCUT2D eigenvalue weighted by Gasteiger charge is 2.37. The molecule has 2 fully saturated rings. The van der Waals surface area contributed by atoms with Gasteiger partial charge in [0.1, 0.15) is 0 Å². The SMILES string of the molecule is C[C@H]1CN(C2CCN(c3n[nH]c(N)n3)CC2)[C@@H](Cc2ccc(Cl)cc2)CN1Cc1ccc(Cl)cc1. The molecule has 3 aromatic rings. The Hall–Kier alpha value is -2.32. The van der Waals surface area contributed by atoms with E-state index in [4.69, 9.17) is 28.9 Å². The van der Waals surface area contributed by atoms with Crippen LogP contribution >= 0.6 is 23.2 Å². The normalized spacial score (nSPS) is 22.5. The van der Waals surface area contributed by atoms with Gasteiger partial charge in [-0.15, -0.1) is 5.10 Å². The summed E-state index contributed by atoms with van der Waals surface area (Å²) in [6, 6.07) is 18.0. The third kappa shape index (κ3) is 5.92. The molecule has 7 nitrogen and oxygen atoms in total. The average Bonchev–Trinajstić information content (AvgIpc) is 3.30. The van der Waals surface area contributed by atoms with E-state index in [0.29, 0.717) is 30.0 Å². The Morgan fingerprint density at radius 1 is 0.943 bits per heavy atom. The zero-order valence-corrected chi connectivity index (χ0v) is 21.6. The maximum atomic E-state index is 6.16. The van der Waals surface area contributed by atoms with Crippen molar-refractivity contribution in [3.8, 4) is 0 Å². The highest BCUT2D eigenvalue weighted by Crippen LogP contribution is 2.28. The number of nitrogens with two attached hydrogens (primary N) is 1. The number of rotatable bonds is 6. The highest BCUT2D eigenvalue weighted by molar-refractivity contribution is 6.30. The molecule has 0 saturated carbocycles. The molecule has 0 aliphatic carbocycles. The summed E-state index contributed by atoms with van der Waals surface area (Å²) in [5.41, 5.74) is 8.37. The monoisotopic (exact) mass is 513 g/mol. The standard InChI is InChI=1S/C26H33Cl2N7/c1-18-15-35(23-10-12-33(13-11-23)26-30-25(29)31-32-26)24(14-19-2-6-21(27)7-3-19)17-34(18)16-20-4-8-22(28)9-5-20/h2-9,18,23-24H,10-17H2,1H3,(H3,29,30,31,32)/t18-,24-/m0/s1. The Kier molecular flexibility index (Phi) is 7.48. The van der Waals surface area contributed by atoms with Crippen LogP contribution in [0.25, 0.3) is 0 Å². The fourth-order valence-electron chi connectivity index (χ4n) is 5.50. The summed E-state index contributed by atoms with van der Waals surface area (Å²) in [6.45, 7) is 7.26. The highest BCUT2D eigenvalue weighted by atomic mass is 35.5. The van der Waals surface area contributed by atoms with Gasteiger partial charge < -0.3 is 10.6 Å². The van der Waals surface area contributed by atoms with Gasteiger partial charge in [0, 0.05) is 60.9 Å². The molecule has 2 atom stereocenters. The molecule has 35 heavy (non-hydrogen) atoms. The van der Waals surface area contributed by atoms with Gasteiger partial charge in [-0.3, -0.25) is 9.80 Å². The second-order valence-corrected chi connectivity index (χ2v) is 10.7. The van der Waals surface area contributed by atoms with Crippen molar-refractivity contribution in [1.82, 2.24) is 25.0 Å². The molecule has 2 saturated heterocycles. The summed E-state index contributed by atoms with van der Waals surface area (Å²) in [7, 11) is 0. The number of piperazine rings is 1. The number of hydrogen-bond donors (Lipinski definition) is 2. The van der Waals surface area contributed by atoms with Crippen molar-refractivity contribution in [2.45, 2.75) is 50.9 Å². The summed E-state index contributed by atoms with van der Waals surface area (Å²) < 4.78 is 0. The molecule has 3 N–H and O–H groups in total. The van der Waals surface area contributed by atoms with Crippen LogP contribution in [0.15, 0.2) is 48.5 Å². The fourth-order valence-corrected chi connectivity index (χ4v) is 5.75. The van der Waals surface area contributed by atoms with E-state index >= 15 is 0 Å². The molecule has 0 amide bonds. The zero-order valence-electron chi connectivity index (χ0n) is 20.1. The topological polar surface area (TPSA) is 77.3 Å². The second kappa shape index (κ2) is 10.7. The Balaban J connectivity index is 1.30. The lowest BCUT2D eigenvalue weighted by Gasteiger charge is -2.50. The van der Waals surface area contributed by atoms with E-state index in [1.807, 2.05) is 24.3 Å². The summed E-state index contributed by atoms with van der Waals surface area (Å²) in [6.07, 6.45) is 3.20. The second-order valence-electron chi connectivity index (χ2n) is 9.83. The van der Waals surface area contributed by atoms with Crippen LogP contribution < -0.4 is 10.6 Å². The van der Waals surface area contributed by atoms with Crippen LogP contribution in [0.5, 0.6) is 0 Å². The Labute approximate surface area is 217 Å². The van der Waals surface area contributed by atoms with Crippen LogP contribution in [0.4, 0.5) is 11.9 Å². The first-order chi connectivity index (χ1) is 16.9. The Morgan fingerprint density at radius 3 is 2.17 bits per heavy atom. The Morgan fingerprint density at radius 2 is 1.57 bits per heavy atom. The fraction of sp³-hybridized carbons (Fsp3) is 0.462. The number of H-pyrrole nitrogens is 1. The molecule has 2 aromatic carbocycles. The third-order valence-electron chi connectivity index (χ3n) is 7.40. The maximum absolute atomic E-state index is 6.16. The summed E-state index contributed by atoms with van der Waals surface area (Å²) in [5, 5.41) is 8.57. The number of benzene rings is 2. The number of nitrogens with zero attached hydrogens (tertiary/aromatic N) is 5. The molecule has 2 aliphatic heterocycles. The van der Waals surface area contributed by atoms with E-state index in [1.54, 1.807) is 0 Å². The van der Waals surface area contributed by atoms with Gasteiger partial charge in [-0.05, 0) is 61.6 Å². The van der Waals surface area contributed by atoms with Gasteiger partial charge in [0.2, 0.25) is 11.9 Å². The molecule has 0 unspecified atom stereocenters. The molecule has 1 aromatic heterocycles. The first-order valence-corrected chi connectivity index (χ1v) is 13.1. The molecule has 9 heteroatoms. The van der Waals surface area contributed by atoms with Crippen molar-refractivity contribution in [3.05, 3.63) is 69.7 Å². The Bertz CT molecular complexity index is 1090. The number of aromatic amines is 1. The van der Waals surface area contributed by atoms with Crippen molar-refractivity contribution < 1.29 is 0 Å². The predicted octanol–water partition coefficient (Wildman–Crippen LogP) is 4.48. The lowest BCUT2D eigenvalue weighted by Crippen LogP contribution is -2.61. The van der Waals surface area contributed by atoms with Crippen LogP contribution in [-0.2, 0) is 13.0 Å². The van der Waals surface area contributed by atoms with Crippen LogP contribution in [-0.4, -0.2) is 69.3 Å². The lowest BCUT2D eigenvalue weighted by molar-refractivity contribution is -0.00290. The summed E-state index contributed by atoms with van der Waals surface area (Å²) in [4.78, 5) is 11.9. The van der Waals surface area contributed by atoms with Crippen LogP contribution in [0.1, 0.15) is 30.9 Å². The minimum absolute atomic E-state index is 0.371. The lowest BCUT2D eigenvalue weighted by atomic mass is 9.93. The zero-order chi connectivity index (χ0) is 24.4. The third-order valence-corrected chi connectivity index (χ3v) is 7.91. The largest absolute Gasteiger partial charge is 0.368 e. The molecule has 0 radical (unpaired) electrons. The molecule has 0 spiro atoms. The molecule has 186 valence electrons. The number of hydrogen-bond acceptors (Lipinski definition) is 6. The van der Waals surface area contributed by atoms with Gasteiger partial charge in [0.25, 0.3) is 0 Å². The number of nitrogen functional groups attached to an aromatic ring is 1.